The van der Waals surface area contributed by atoms with E-state index in [2.05, 4.69) is 0 Å². The van der Waals surface area contributed by atoms with Crippen molar-refractivity contribution >= 4 is 11.9 Å². The van der Waals surface area contributed by atoms with E-state index in [1.165, 1.54) is 14.2 Å². The summed E-state index contributed by atoms with van der Waals surface area (Å²) in [6, 6.07) is 5.34. The van der Waals surface area contributed by atoms with Crippen molar-refractivity contribution in [2.75, 3.05) is 14.2 Å². The molecule has 120 valence electrons. The van der Waals surface area contributed by atoms with Crippen LogP contribution in [0.1, 0.15) is 49.0 Å². The molecule has 1 aliphatic rings. The minimum absolute atomic E-state index is 0.0872. The second-order valence-corrected chi connectivity index (χ2v) is 6.43. The van der Waals surface area contributed by atoms with Crippen molar-refractivity contribution < 1.29 is 23.8 Å². The molecule has 2 rings (SSSR count). The predicted octanol–water partition coefficient (Wildman–Crippen LogP) is 2.93. The summed E-state index contributed by atoms with van der Waals surface area (Å²) in [5.41, 5.74) is 0.816. The van der Waals surface area contributed by atoms with Crippen molar-refractivity contribution in [2.24, 2.45) is 5.92 Å². The zero-order valence-electron chi connectivity index (χ0n) is 13.6. The highest BCUT2D eigenvalue weighted by molar-refractivity contribution is 5.93. The molecule has 0 N–H and O–H groups in total. The Balaban J connectivity index is 2.15. The van der Waals surface area contributed by atoms with Crippen LogP contribution in [0, 0.1) is 5.92 Å². The van der Waals surface area contributed by atoms with Crippen LogP contribution in [0.3, 0.4) is 0 Å². The average molecular weight is 306 g/mol. The first kappa shape index (κ1) is 16.3. The fourth-order valence-electron chi connectivity index (χ4n) is 2.43. The van der Waals surface area contributed by atoms with E-state index in [1.807, 2.05) is 26.8 Å². The third-order valence-corrected chi connectivity index (χ3v) is 3.56. The summed E-state index contributed by atoms with van der Waals surface area (Å²) in [6.07, 6.45) is 0.738. The maximum absolute atomic E-state index is 12.1. The molecule has 1 aromatic carbocycles. The highest BCUT2D eigenvalue weighted by atomic mass is 16.6. The van der Waals surface area contributed by atoms with Crippen LogP contribution in [0.15, 0.2) is 18.2 Å². The lowest BCUT2D eigenvalue weighted by atomic mass is 10.0. The Morgan fingerprint density at radius 2 is 1.86 bits per heavy atom. The van der Waals surface area contributed by atoms with Crippen molar-refractivity contribution in [3.05, 3.63) is 29.3 Å². The summed E-state index contributed by atoms with van der Waals surface area (Å²) in [7, 11) is 2.83. The maximum atomic E-state index is 12.1. The minimum atomic E-state index is -0.485. The van der Waals surface area contributed by atoms with E-state index in [-0.39, 0.29) is 17.8 Å². The highest BCUT2D eigenvalue weighted by Crippen LogP contribution is 2.49. The number of benzene rings is 1. The van der Waals surface area contributed by atoms with Gasteiger partial charge in [0.2, 0.25) is 0 Å². The van der Waals surface area contributed by atoms with Gasteiger partial charge in [-0.1, -0.05) is 6.07 Å². The zero-order valence-corrected chi connectivity index (χ0v) is 13.6. The molecule has 0 aromatic heterocycles. The lowest BCUT2D eigenvalue weighted by Gasteiger charge is -2.19. The standard InChI is InChI=1S/C17H22O5/c1-17(2,3)22-16(19)12-9-11(12)10-6-7-14(20-4)13(8-10)15(18)21-5/h6-8,11-12H,9H2,1-5H3. The number of hydrogen-bond donors (Lipinski definition) is 0. The highest BCUT2D eigenvalue weighted by Gasteiger charge is 2.46. The first-order chi connectivity index (χ1) is 10.3. The van der Waals surface area contributed by atoms with Crippen LogP contribution in [-0.4, -0.2) is 31.8 Å². The Morgan fingerprint density at radius 3 is 2.41 bits per heavy atom. The van der Waals surface area contributed by atoms with Crippen LogP contribution in [0.25, 0.3) is 0 Å². The number of methoxy groups -OCH3 is 2. The molecule has 0 heterocycles. The van der Waals surface area contributed by atoms with Gasteiger partial charge in [0.05, 0.1) is 20.1 Å². The van der Waals surface area contributed by atoms with Crippen LogP contribution < -0.4 is 4.74 Å². The predicted molar refractivity (Wildman–Crippen MR) is 81.0 cm³/mol. The maximum Gasteiger partial charge on any atom is 0.341 e. The molecule has 0 saturated heterocycles. The topological polar surface area (TPSA) is 61.8 Å². The molecule has 5 nitrogen and oxygen atoms in total. The van der Waals surface area contributed by atoms with Gasteiger partial charge in [0.15, 0.2) is 0 Å². The summed E-state index contributed by atoms with van der Waals surface area (Å²) in [5.74, 6) is -0.228. The largest absolute Gasteiger partial charge is 0.496 e. The Hall–Kier alpha value is -2.04. The van der Waals surface area contributed by atoms with E-state index in [0.717, 1.165) is 12.0 Å². The molecule has 1 aromatic rings. The Bertz CT molecular complexity index is 585. The van der Waals surface area contributed by atoms with E-state index in [0.29, 0.717) is 11.3 Å². The third-order valence-electron chi connectivity index (χ3n) is 3.56. The molecule has 22 heavy (non-hydrogen) atoms. The second kappa shape index (κ2) is 5.99. The molecule has 0 radical (unpaired) electrons. The summed E-state index contributed by atoms with van der Waals surface area (Å²) in [4.78, 5) is 23.9. The quantitative estimate of drug-likeness (QED) is 0.800. The molecule has 1 fully saturated rings. The molecule has 1 saturated carbocycles. The Morgan fingerprint density at radius 1 is 1.18 bits per heavy atom. The number of esters is 2. The van der Waals surface area contributed by atoms with Gasteiger partial charge in [-0.2, -0.15) is 0 Å². The minimum Gasteiger partial charge on any atom is -0.496 e. The fraction of sp³-hybridized carbons (Fsp3) is 0.529. The van der Waals surface area contributed by atoms with Gasteiger partial charge in [0.25, 0.3) is 0 Å². The molecule has 0 spiro atoms. The first-order valence-corrected chi connectivity index (χ1v) is 7.26. The molecule has 1 aliphatic carbocycles. The number of carbonyl (C=O) groups excluding carboxylic acids is 2. The number of hydrogen-bond acceptors (Lipinski definition) is 5. The molecular formula is C17H22O5. The van der Waals surface area contributed by atoms with Gasteiger partial charge in [-0.15, -0.1) is 0 Å². The van der Waals surface area contributed by atoms with Crippen LogP contribution in [0.4, 0.5) is 0 Å². The van der Waals surface area contributed by atoms with Gasteiger partial charge in [-0.25, -0.2) is 4.79 Å². The van der Waals surface area contributed by atoms with Gasteiger partial charge in [-0.3, -0.25) is 4.79 Å². The van der Waals surface area contributed by atoms with Gasteiger partial charge < -0.3 is 14.2 Å². The number of ether oxygens (including phenoxy) is 3. The summed E-state index contributed by atoms with van der Waals surface area (Å²) >= 11 is 0. The van der Waals surface area contributed by atoms with Gasteiger partial charge >= 0.3 is 11.9 Å². The van der Waals surface area contributed by atoms with Crippen LogP contribution in [-0.2, 0) is 14.3 Å². The summed E-state index contributed by atoms with van der Waals surface area (Å²) in [5, 5.41) is 0. The van der Waals surface area contributed by atoms with E-state index < -0.39 is 11.6 Å². The molecule has 0 amide bonds. The fourth-order valence-corrected chi connectivity index (χ4v) is 2.43. The van der Waals surface area contributed by atoms with Crippen molar-refractivity contribution in [1.82, 2.24) is 0 Å². The van der Waals surface area contributed by atoms with E-state index in [4.69, 9.17) is 14.2 Å². The lowest BCUT2D eigenvalue weighted by Crippen LogP contribution is -2.25. The smallest absolute Gasteiger partial charge is 0.341 e. The second-order valence-electron chi connectivity index (χ2n) is 6.43. The lowest BCUT2D eigenvalue weighted by molar-refractivity contribution is -0.156. The number of rotatable bonds is 4. The van der Waals surface area contributed by atoms with Crippen LogP contribution in [0.5, 0.6) is 5.75 Å². The van der Waals surface area contributed by atoms with E-state index in [9.17, 15) is 9.59 Å². The number of carbonyl (C=O) groups is 2. The van der Waals surface area contributed by atoms with Crippen LogP contribution in [0.2, 0.25) is 0 Å². The summed E-state index contributed by atoms with van der Waals surface area (Å²) < 4.78 is 15.3. The Kier molecular flexibility index (Phi) is 4.44. The van der Waals surface area contributed by atoms with Crippen molar-refractivity contribution in [3.8, 4) is 5.75 Å². The molecule has 5 heteroatoms. The van der Waals surface area contributed by atoms with E-state index in [1.54, 1.807) is 12.1 Å². The van der Waals surface area contributed by atoms with Gasteiger partial charge in [0, 0.05) is 0 Å². The SMILES string of the molecule is COC(=O)c1cc(C2CC2C(=O)OC(C)(C)C)ccc1OC. The molecular weight excluding hydrogens is 284 g/mol. The Labute approximate surface area is 130 Å². The van der Waals surface area contributed by atoms with E-state index >= 15 is 0 Å². The normalized spacial score (nSPS) is 20.2. The zero-order chi connectivity index (χ0) is 16.5. The molecule has 0 aliphatic heterocycles. The monoisotopic (exact) mass is 306 g/mol. The molecule has 2 atom stereocenters. The molecule has 2 unspecified atom stereocenters. The van der Waals surface area contributed by atoms with Crippen molar-refractivity contribution in [1.29, 1.82) is 0 Å². The van der Waals surface area contributed by atoms with Crippen LogP contribution >= 0.6 is 0 Å². The molecule has 0 bridgehead atoms. The van der Waals surface area contributed by atoms with Gasteiger partial charge in [0.1, 0.15) is 16.9 Å². The average Bonchev–Trinajstić information content (AvgIpc) is 3.24. The third kappa shape index (κ3) is 3.59. The van der Waals surface area contributed by atoms with Gasteiger partial charge in [-0.05, 0) is 50.8 Å². The van der Waals surface area contributed by atoms with Crippen molar-refractivity contribution in [2.45, 2.75) is 38.7 Å². The summed E-state index contributed by atoms with van der Waals surface area (Å²) in [6.45, 7) is 5.56. The van der Waals surface area contributed by atoms with Crippen molar-refractivity contribution in [3.63, 3.8) is 0 Å². The first-order valence-electron chi connectivity index (χ1n) is 7.26.